The second kappa shape index (κ2) is 7.40. The number of aromatic nitrogens is 2. The number of nitrogens with two attached hydrogens (primary N) is 1. The SMILES string of the molecule is Cc1cc(C(=O)[C@@H]2CCCc3cc(N4C[C@@H](C(N)=O)OC4=O)ccc3C2=O)n(C)n1. The van der Waals surface area contributed by atoms with Gasteiger partial charge in [-0.2, -0.15) is 5.10 Å². The summed E-state index contributed by atoms with van der Waals surface area (Å²) in [5.41, 5.74) is 8.15. The molecule has 9 nitrogen and oxygen atoms in total. The molecule has 1 aliphatic carbocycles. The van der Waals surface area contributed by atoms with Gasteiger partial charge in [-0.15, -0.1) is 0 Å². The van der Waals surface area contributed by atoms with Gasteiger partial charge < -0.3 is 10.5 Å². The van der Waals surface area contributed by atoms with E-state index >= 15 is 0 Å². The zero-order chi connectivity index (χ0) is 21.6. The zero-order valence-corrected chi connectivity index (χ0v) is 16.8. The summed E-state index contributed by atoms with van der Waals surface area (Å²) in [5, 5.41) is 4.20. The van der Waals surface area contributed by atoms with Crippen molar-refractivity contribution in [1.82, 2.24) is 9.78 Å². The average molecular weight is 410 g/mol. The van der Waals surface area contributed by atoms with Crippen molar-refractivity contribution in [2.24, 2.45) is 18.7 Å². The van der Waals surface area contributed by atoms with Gasteiger partial charge in [0.2, 0.25) is 0 Å². The first-order valence-corrected chi connectivity index (χ1v) is 9.75. The molecule has 1 fully saturated rings. The van der Waals surface area contributed by atoms with Crippen LogP contribution in [0.2, 0.25) is 0 Å². The lowest BCUT2D eigenvalue weighted by Crippen LogP contribution is -2.32. The van der Waals surface area contributed by atoms with Crippen molar-refractivity contribution < 1.29 is 23.9 Å². The van der Waals surface area contributed by atoms with Crippen LogP contribution >= 0.6 is 0 Å². The van der Waals surface area contributed by atoms with Crippen LogP contribution in [0, 0.1) is 12.8 Å². The highest BCUT2D eigenvalue weighted by atomic mass is 16.6. The number of hydrogen-bond acceptors (Lipinski definition) is 6. The van der Waals surface area contributed by atoms with Crippen molar-refractivity contribution in [3.8, 4) is 0 Å². The fraction of sp³-hybridized carbons (Fsp3) is 0.381. The van der Waals surface area contributed by atoms with Crippen molar-refractivity contribution in [2.45, 2.75) is 32.3 Å². The maximum Gasteiger partial charge on any atom is 0.415 e. The van der Waals surface area contributed by atoms with E-state index in [1.807, 2.05) is 0 Å². The molecule has 1 aromatic carbocycles. The Balaban J connectivity index is 1.62. The van der Waals surface area contributed by atoms with Crippen molar-refractivity contribution >= 4 is 29.3 Å². The van der Waals surface area contributed by atoms with E-state index in [9.17, 15) is 19.2 Å². The molecule has 1 saturated heterocycles. The molecule has 156 valence electrons. The van der Waals surface area contributed by atoms with Crippen LogP contribution in [-0.2, 0) is 23.0 Å². The van der Waals surface area contributed by atoms with Gasteiger partial charge >= 0.3 is 6.09 Å². The summed E-state index contributed by atoms with van der Waals surface area (Å²) < 4.78 is 6.49. The maximum absolute atomic E-state index is 13.2. The number of Topliss-reactive ketones (excluding diaryl/α,β-unsaturated/α-hetero) is 2. The van der Waals surface area contributed by atoms with Gasteiger partial charge in [-0.25, -0.2) is 4.79 Å². The van der Waals surface area contributed by atoms with E-state index in [0.717, 1.165) is 11.3 Å². The molecule has 2 heterocycles. The molecule has 2 amide bonds. The maximum atomic E-state index is 13.2. The highest BCUT2D eigenvalue weighted by Gasteiger charge is 2.37. The van der Waals surface area contributed by atoms with Gasteiger partial charge in [-0.05, 0) is 56.0 Å². The molecule has 2 aromatic rings. The normalized spacial score (nSPS) is 21.2. The number of carbonyl (C=O) groups is 4. The number of ketones is 2. The van der Waals surface area contributed by atoms with E-state index < -0.39 is 24.0 Å². The number of fused-ring (bicyclic) bond motifs is 1. The van der Waals surface area contributed by atoms with E-state index in [1.54, 1.807) is 38.2 Å². The minimum absolute atomic E-state index is 0.0296. The van der Waals surface area contributed by atoms with Crippen LogP contribution in [0.4, 0.5) is 10.5 Å². The summed E-state index contributed by atoms with van der Waals surface area (Å²) in [5.74, 6) is -1.92. The summed E-state index contributed by atoms with van der Waals surface area (Å²) in [6, 6.07) is 6.71. The Morgan fingerprint density at radius 3 is 2.63 bits per heavy atom. The number of nitrogens with zero attached hydrogens (tertiary/aromatic N) is 3. The van der Waals surface area contributed by atoms with E-state index in [-0.39, 0.29) is 18.1 Å². The lowest BCUT2D eigenvalue weighted by molar-refractivity contribution is -0.124. The largest absolute Gasteiger partial charge is 0.434 e. The quantitative estimate of drug-likeness (QED) is 0.463. The molecule has 0 bridgehead atoms. The predicted octanol–water partition coefficient (Wildman–Crippen LogP) is 1.56. The predicted molar refractivity (Wildman–Crippen MR) is 106 cm³/mol. The Morgan fingerprint density at radius 1 is 1.23 bits per heavy atom. The molecular formula is C21H22N4O5. The van der Waals surface area contributed by atoms with Crippen molar-refractivity contribution in [2.75, 3.05) is 11.4 Å². The highest BCUT2D eigenvalue weighted by molar-refractivity contribution is 6.16. The average Bonchev–Trinajstić information content (AvgIpc) is 3.20. The molecule has 9 heteroatoms. The molecular weight excluding hydrogens is 388 g/mol. The van der Waals surface area contributed by atoms with E-state index in [1.165, 1.54) is 9.58 Å². The van der Waals surface area contributed by atoms with Crippen LogP contribution in [0.15, 0.2) is 24.3 Å². The number of anilines is 1. The molecule has 2 atom stereocenters. The van der Waals surface area contributed by atoms with E-state index in [4.69, 9.17) is 10.5 Å². The van der Waals surface area contributed by atoms with Crippen LogP contribution in [0.5, 0.6) is 0 Å². The van der Waals surface area contributed by atoms with Gasteiger partial charge in [0, 0.05) is 18.3 Å². The lowest BCUT2D eigenvalue weighted by Gasteiger charge is -2.16. The Morgan fingerprint density at radius 2 is 2.00 bits per heavy atom. The first kappa shape index (κ1) is 19.8. The molecule has 30 heavy (non-hydrogen) atoms. The third-order valence-electron chi connectivity index (χ3n) is 5.62. The molecule has 4 rings (SSSR count). The van der Waals surface area contributed by atoms with Gasteiger partial charge in [-0.1, -0.05) is 0 Å². The second-order valence-electron chi connectivity index (χ2n) is 7.69. The van der Waals surface area contributed by atoms with Crippen molar-refractivity contribution in [1.29, 1.82) is 0 Å². The summed E-state index contributed by atoms with van der Waals surface area (Å²) in [7, 11) is 1.69. The third kappa shape index (κ3) is 3.36. The number of primary amides is 1. The summed E-state index contributed by atoms with van der Waals surface area (Å²) in [6.45, 7) is 1.83. The molecule has 0 radical (unpaired) electrons. The Labute approximate surface area is 172 Å². The fourth-order valence-corrected chi connectivity index (χ4v) is 4.10. The van der Waals surface area contributed by atoms with Gasteiger partial charge in [0.25, 0.3) is 5.91 Å². The Kier molecular flexibility index (Phi) is 4.89. The fourth-order valence-electron chi connectivity index (χ4n) is 4.10. The molecule has 2 N–H and O–H groups in total. The number of amides is 2. The number of cyclic esters (lactones) is 1. The summed E-state index contributed by atoms with van der Waals surface area (Å²) in [4.78, 5) is 51.0. The lowest BCUT2D eigenvalue weighted by atomic mass is 9.89. The van der Waals surface area contributed by atoms with E-state index in [2.05, 4.69) is 5.10 Å². The third-order valence-corrected chi connectivity index (χ3v) is 5.62. The Bertz CT molecular complexity index is 1070. The Hall–Kier alpha value is -3.49. The molecule has 2 aliphatic rings. The highest BCUT2D eigenvalue weighted by Crippen LogP contribution is 2.31. The standard InChI is InChI=1S/C21H22N4O5/c1-11-8-16(24(2)23-11)19(27)15-5-3-4-12-9-13(6-7-14(12)18(15)26)25-10-17(20(22)28)30-21(25)29/h6-9,15,17H,3-5,10H2,1-2H3,(H2,22,28)/t15-,17+/m1/s1. The number of hydrogen-bond donors (Lipinski definition) is 1. The van der Waals surface area contributed by atoms with Crippen LogP contribution in [0.25, 0.3) is 0 Å². The van der Waals surface area contributed by atoms with Crippen LogP contribution in [-0.4, -0.2) is 46.0 Å². The summed E-state index contributed by atoms with van der Waals surface area (Å²) >= 11 is 0. The number of carbonyl (C=O) groups excluding carboxylic acids is 4. The van der Waals surface area contributed by atoms with E-state index in [0.29, 0.717) is 36.2 Å². The minimum atomic E-state index is -0.998. The molecule has 1 aromatic heterocycles. The smallest absolute Gasteiger partial charge is 0.415 e. The number of ether oxygens (including phenoxy) is 1. The minimum Gasteiger partial charge on any atom is -0.434 e. The first-order chi connectivity index (χ1) is 14.3. The van der Waals surface area contributed by atoms with Gasteiger partial charge in [-0.3, -0.25) is 24.0 Å². The van der Waals surface area contributed by atoms with Crippen LogP contribution in [0.3, 0.4) is 0 Å². The topological polar surface area (TPSA) is 125 Å². The van der Waals surface area contributed by atoms with Crippen LogP contribution in [0.1, 0.15) is 44.9 Å². The van der Waals surface area contributed by atoms with Crippen molar-refractivity contribution in [3.63, 3.8) is 0 Å². The van der Waals surface area contributed by atoms with Crippen molar-refractivity contribution in [3.05, 3.63) is 46.8 Å². The van der Waals surface area contributed by atoms with Crippen LogP contribution < -0.4 is 10.6 Å². The molecule has 0 unspecified atom stereocenters. The number of rotatable bonds is 4. The zero-order valence-electron chi connectivity index (χ0n) is 16.8. The van der Waals surface area contributed by atoms with Gasteiger partial charge in [0.1, 0.15) is 5.69 Å². The molecule has 0 saturated carbocycles. The second-order valence-corrected chi connectivity index (χ2v) is 7.69. The molecule has 0 spiro atoms. The summed E-state index contributed by atoms with van der Waals surface area (Å²) in [6.07, 6.45) is 0.0526. The monoisotopic (exact) mass is 410 g/mol. The molecule has 1 aliphatic heterocycles. The number of aryl methyl sites for hydroxylation is 3. The van der Waals surface area contributed by atoms with Gasteiger partial charge in [0.15, 0.2) is 17.7 Å². The first-order valence-electron chi connectivity index (χ1n) is 9.75. The van der Waals surface area contributed by atoms with Gasteiger partial charge in [0.05, 0.1) is 18.2 Å². The number of benzene rings is 1.